The maximum absolute atomic E-state index is 9.76. The minimum Gasteiger partial charge on any atom is -0.381 e. The Bertz CT molecular complexity index is 1320. The van der Waals surface area contributed by atoms with Gasteiger partial charge in [-0.15, -0.1) is 10.2 Å². The first-order valence-corrected chi connectivity index (χ1v) is 15.0. The minimum atomic E-state index is -0.434. The molecule has 0 aromatic carbocycles. The van der Waals surface area contributed by atoms with Crippen LogP contribution >= 0.6 is 11.6 Å². The molecule has 1 aliphatic heterocycles. The zero-order valence-electron chi connectivity index (χ0n) is 24.1. The second-order valence-corrected chi connectivity index (χ2v) is 11.7. The molecule has 12 nitrogen and oxygen atoms in total. The number of nitriles is 1. The highest BCUT2D eigenvalue weighted by molar-refractivity contribution is 6.33. The van der Waals surface area contributed by atoms with E-state index in [9.17, 15) is 5.26 Å². The van der Waals surface area contributed by atoms with Gasteiger partial charge in [-0.05, 0) is 70.6 Å². The third-order valence-electron chi connectivity index (χ3n) is 8.10. The number of hydrogen-bond donors (Lipinski definition) is 4. The van der Waals surface area contributed by atoms with E-state index in [1.165, 1.54) is 0 Å². The molecule has 2 fully saturated rings. The maximum Gasteiger partial charge on any atom is 0.202 e. The number of aromatic amines is 1. The Morgan fingerprint density at radius 1 is 1.17 bits per heavy atom. The van der Waals surface area contributed by atoms with Crippen molar-refractivity contribution in [1.29, 1.82) is 5.26 Å². The van der Waals surface area contributed by atoms with Crippen LogP contribution in [0.2, 0.25) is 5.02 Å². The summed E-state index contributed by atoms with van der Waals surface area (Å²) in [6.07, 6.45) is 7.11. The molecule has 4 N–H and O–H groups in total. The highest BCUT2D eigenvalue weighted by Gasteiger charge is 2.32. The summed E-state index contributed by atoms with van der Waals surface area (Å²) in [6.45, 7) is 6.39. The van der Waals surface area contributed by atoms with Gasteiger partial charge in [0.15, 0.2) is 0 Å². The fourth-order valence-electron chi connectivity index (χ4n) is 5.52. The van der Waals surface area contributed by atoms with Crippen LogP contribution in [0.15, 0.2) is 30.5 Å². The van der Waals surface area contributed by atoms with E-state index in [1.807, 2.05) is 31.2 Å². The number of tetrazole rings is 1. The Morgan fingerprint density at radius 2 is 1.95 bits per heavy atom. The number of hydrogen-bond acceptors (Lipinski definition) is 11. The van der Waals surface area contributed by atoms with Crippen molar-refractivity contribution in [2.45, 2.75) is 76.6 Å². The molecule has 1 aliphatic carbocycles. The molecule has 0 unspecified atom stereocenters. The molecular weight excluding hydrogens is 556 g/mol. The van der Waals surface area contributed by atoms with Gasteiger partial charge in [-0.2, -0.15) is 10.5 Å². The predicted octanol–water partition coefficient (Wildman–Crippen LogP) is 4.52. The van der Waals surface area contributed by atoms with E-state index in [-0.39, 0.29) is 12.1 Å². The van der Waals surface area contributed by atoms with Crippen LogP contribution < -0.4 is 16.0 Å². The van der Waals surface area contributed by atoms with Crippen molar-refractivity contribution in [2.24, 2.45) is 5.41 Å². The van der Waals surface area contributed by atoms with Crippen molar-refractivity contribution < 1.29 is 9.47 Å². The second kappa shape index (κ2) is 14.2. The molecule has 0 amide bonds. The summed E-state index contributed by atoms with van der Waals surface area (Å²) in [7, 11) is 0. The third-order valence-corrected chi connectivity index (χ3v) is 8.40. The molecule has 0 bridgehead atoms. The first-order chi connectivity index (χ1) is 20.4. The number of aromatic nitrogens is 6. The van der Waals surface area contributed by atoms with E-state index in [1.54, 1.807) is 6.20 Å². The van der Waals surface area contributed by atoms with E-state index in [0.29, 0.717) is 68.0 Å². The van der Waals surface area contributed by atoms with Crippen LogP contribution in [0.25, 0.3) is 11.3 Å². The summed E-state index contributed by atoms with van der Waals surface area (Å²) in [5.41, 5.74) is 1.14. The lowest BCUT2D eigenvalue weighted by atomic mass is 9.82. The average Bonchev–Trinajstić information content (AvgIpc) is 3.57. The zero-order valence-corrected chi connectivity index (χ0v) is 24.9. The largest absolute Gasteiger partial charge is 0.381 e. The molecular formula is C29H39ClN10O2. The van der Waals surface area contributed by atoms with Crippen molar-refractivity contribution in [1.82, 2.24) is 35.9 Å². The van der Waals surface area contributed by atoms with Gasteiger partial charge in [0.25, 0.3) is 0 Å². The van der Waals surface area contributed by atoms with Gasteiger partial charge in [0, 0.05) is 49.6 Å². The van der Waals surface area contributed by atoms with Crippen molar-refractivity contribution >= 4 is 23.2 Å². The van der Waals surface area contributed by atoms with Crippen molar-refractivity contribution in [3.8, 4) is 17.3 Å². The molecule has 3 aromatic heterocycles. The molecule has 0 spiro atoms. The lowest BCUT2D eigenvalue weighted by molar-refractivity contribution is 0.0436. The van der Waals surface area contributed by atoms with Crippen LogP contribution in [-0.2, 0) is 9.47 Å². The summed E-state index contributed by atoms with van der Waals surface area (Å²) in [4.78, 5) is 9.34. The van der Waals surface area contributed by atoms with Crippen LogP contribution in [0.3, 0.4) is 0 Å². The van der Waals surface area contributed by atoms with E-state index >= 15 is 0 Å². The highest BCUT2D eigenvalue weighted by Crippen LogP contribution is 2.32. The lowest BCUT2D eigenvalue weighted by Crippen LogP contribution is -2.43. The molecule has 2 atom stereocenters. The van der Waals surface area contributed by atoms with Crippen LogP contribution in [0.5, 0.6) is 0 Å². The summed E-state index contributed by atoms with van der Waals surface area (Å²) >= 11 is 6.57. The van der Waals surface area contributed by atoms with Gasteiger partial charge in [0.1, 0.15) is 17.7 Å². The molecule has 4 heterocycles. The molecule has 13 heteroatoms. The van der Waals surface area contributed by atoms with E-state index in [4.69, 9.17) is 26.1 Å². The summed E-state index contributed by atoms with van der Waals surface area (Å²) in [5, 5.41) is 35.0. The third kappa shape index (κ3) is 7.92. The normalized spacial score (nSPS) is 21.7. The van der Waals surface area contributed by atoms with E-state index in [0.717, 1.165) is 42.8 Å². The number of pyridine rings is 2. The maximum atomic E-state index is 9.76. The Balaban J connectivity index is 1.11. The summed E-state index contributed by atoms with van der Waals surface area (Å²) in [6, 6.07) is 11.3. The molecule has 5 rings (SSSR count). The number of nitrogens with one attached hydrogen (secondary N) is 4. The molecule has 1 saturated heterocycles. The molecule has 2 aliphatic rings. The Morgan fingerprint density at radius 3 is 2.69 bits per heavy atom. The molecule has 1 saturated carbocycles. The van der Waals surface area contributed by atoms with Gasteiger partial charge in [-0.3, -0.25) is 0 Å². The molecule has 3 aromatic rings. The van der Waals surface area contributed by atoms with E-state index in [2.05, 4.69) is 54.6 Å². The monoisotopic (exact) mass is 594 g/mol. The topological polar surface area (TPSA) is 159 Å². The molecule has 0 radical (unpaired) electrons. The minimum absolute atomic E-state index is 0.202. The number of halogens is 1. The fraction of sp³-hybridized carbons (Fsp3) is 0.586. The zero-order chi connectivity index (χ0) is 29.4. The average molecular weight is 595 g/mol. The van der Waals surface area contributed by atoms with E-state index < -0.39 is 5.41 Å². The number of nitrogens with zero attached hydrogens (tertiary/aromatic N) is 6. The van der Waals surface area contributed by atoms with Crippen molar-refractivity contribution in [2.75, 3.05) is 37.0 Å². The predicted molar refractivity (Wildman–Crippen MR) is 160 cm³/mol. The van der Waals surface area contributed by atoms with Gasteiger partial charge in [-0.1, -0.05) is 22.9 Å². The summed E-state index contributed by atoms with van der Waals surface area (Å²) < 4.78 is 11.3. The van der Waals surface area contributed by atoms with Crippen molar-refractivity contribution in [3.05, 3.63) is 41.3 Å². The SMILES string of the molecule is C[C@@H](CO[C@H](C)c1nn[nH]n1)NC1CCC(Nc2cc(-c3cccc(NCC4(C#N)CCOCC4)n3)c(Cl)cn2)CC1. The number of anilines is 2. The number of rotatable bonds is 12. The molecule has 42 heavy (non-hydrogen) atoms. The second-order valence-electron chi connectivity index (χ2n) is 11.3. The quantitative estimate of drug-likeness (QED) is 0.233. The highest BCUT2D eigenvalue weighted by atomic mass is 35.5. The van der Waals surface area contributed by atoms with Crippen molar-refractivity contribution in [3.63, 3.8) is 0 Å². The number of ether oxygens (including phenoxy) is 2. The van der Waals surface area contributed by atoms with Gasteiger partial charge in [0.2, 0.25) is 5.82 Å². The molecule has 224 valence electrons. The van der Waals surface area contributed by atoms with Crippen LogP contribution in [0.1, 0.15) is 64.3 Å². The van der Waals surface area contributed by atoms with Gasteiger partial charge >= 0.3 is 0 Å². The summed E-state index contributed by atoms with van der Waals surface area (Å²) in [5.74, 6) is 2.06. The Labute approximate surface area is 251 Å². The van der Waals surface area contributed by atoms with Crippen LogP contribution in [0.4, 0.5) is 11.6 Å². The van der Waals surface area contributed by atoms with Crippen LogP contribution in [0, 0.1) is 16.7 Å². The Hall–Kier alpha value is -3.37. The van der Waals surface area contributed by atoms with Crippen LogP contribution in [-0.4, -0.2) is 75.1 Å². The first-order valence-electron chi connectivity index (χ1n) is 14.7. The smallest absolute Gasteiger partial charge is 0.202 e. The fourth-order valence-corrected chi connectivity index (χ4v) is 5.72. The van der Waals surface area contributed by atoms with Gasteiger partial charge in [0.05, 0.1) is 28.8 Å². The van der Waals surface area contributed by atoms with Gasteiger partial charge < -0.3 is 25.4 Å². The van der Waals surface area contributed by atoms with Gasteiger partial charge in [-0.25, -0.2) is 9.97 Å². The first kappa shape index (κ1) is 30.1. The number of H-pyrrole nitrogens is 1. The standard InChI is InChI=1S/C29H39ClN10O2/c1-19(16-42-20(2)28-37-39-40-38-28)34-21-6-8-22(9-7-21)35-27-14-23(24(30)15-32-27)25-4-3-5-26(36-25)33-18-29(17-31)10-12-41-13-11-29/h3-5,14-15,19-22,34H,6-13,16,18H2,1-2H3,(H,32,35)(H,33,36)(H,37,38,39,40)/t19-,20+,21?,22?/m0/s1. The lowest BCUT2D eigenvalue weighted by Gasteiger charge is -2.32. The Kier molecular flexibility index (Phi) is 10.2.